The number of alkyl halides is 2. The predicted octanol–water partition coefficient (Wildman–Crippen LogP) is 3.07. The van der Waals surface area contributed by atoms with E-state index in [1.165, 1.54) is 29.5 Å². The summed E-state index contributed by atoms with van der Waals surface area (Å²) in [6.45, 7) is 1.48. The lowest BCUT2D eigenvalue weighted by Crippen LogP contribution is -1.99. The van der Waals surface area contributed by atoms with Crippen LogP contribution < -0.4 is 0 Å². The molecule has 0 aliphatic rings. The van der Waals surface area contributed by atoms with E-state index in [2.05, 4.69) is 4.98 Å². The van der Waals surface area contributed by atoms with Crippen molar-refractivity contribution in [3.05, 3.63) is 26.8 Å². The van der Waals surface area contributed by atoms with Crippen molar-refractivity contribution >= 4 is 22.6 Å². The van der Waals surface area contributed by atoms with Crippen LogP contribution in [0.2, 0.25) is 0 Å². The first-order valence-electron chi connectivity index (χ1n) is 3.12. The van der Waals surface area contributed by atoms with Crippen LogP contribution in [0.5, 0.6) is 0 Å². The van der Waals surface area contributed by atoms with Crippen LogP contribution in [0.25, 0.3) is 0 Å². The minimum atomic E-state index is -2.64. The largest absolute Gasteiger partial charge is 0.265 e. The first-order valence-corrected chi connectivity index (χ1v) is 4.20. The Morgan fingerprint density at radius 1 is 1.50 bits per heavy atom. The van der Waals surface area contributed by atoms with Crippen molar-refractivity contribution in [2.24, 2.45) is 0 Å². The highest BCUT2D eigenvalue weighted by atomic mass is 127. The molecular formula is C7H5F3IN. The van der Waals surface area contributed by atoms with Crippen molar-refractivity contribution in [1.82, 2.24) is 4.98 Å². The van der Waals surface area contributed by atoms with Crippen LogP contribution in [-0.2, 0) is 0 Å². The lowest BCUT2D eigenvalue weighted by atomic mass is 10.2. The number of hydrogen-bond acceptors (Lipinski definition) is 1. The Hall–Kier alpha value is -0.330. The van der Waals surface area contributed by atoms with Crippen molar-refractivity contribution in [2.75, 3.05) is 0 Å². The van der Waals surface area contributed by atoms with Gasteiger partial charge in [0.1, 0.15) is 0 Å². The molecule has 0 amide bonds. The van der Waals surface area contributed by atoms with Gasteiger partial charge in [0.05, 0.1) is 3.57 Å². The number of nitrogens with zero attached hydrogens (tertiary/aromatic N) is 1. The fourth-order valence-corrected chi connectivity index (χ4v) is 1.63. The zero-order valence-electron chi connectivity index (χ0n) is 6.11. The Balaban J connectivity index is 3.33. The molecule has 1 nitrogen and oxygen atoms in total. The normalized spacial score (nSPS) is 10.8. The van der Waals surface area contributed by atoms with E-state index in [1.54, 1.807) is 0 Å². The Morgan fingerprint density at radius 3 is 2.50 bits per heavy atom. The van der Waals surface area contributed by atoms with E-state index < -0.39 is 12.4 Å². The first kappa shape index (κ1) is 9.76. The molecule has 0 bridgehead atoms. The first-order chi connectivity index (χ1) is 5.54. The molecule has 0 atom stereocenters. The van der Waals surface area contributed by atoms with Crippen LogP contribution in [0.15, 0.2) is 6.20 Å². The summed E-state index contributed by atoms with van der Waals surface area (Å²) in [5.74, 6) is -0.837. The minimum Gasteiger partial charge on any atom is -0.227 e. The van der Waals surface area contributed by atoms with E-state index in [1.807, 2.05) is 0 Å². The molecule has 12 heavy (non-hydrogen) atoms. The van der Waals surface area contributed by atoms with Gasteiger partial charge in [-0.1, -0.05) is 0 Å². The van der Waals surface area contributed by atoms with Gasteiger partial charge in [0.2, 0.25) is 5.95 Å². The summed E-state index contributed by atoms with van der Waals surface area (Å²) in [6, 6.07) is 0. The third-order valence-electron chi connectivity index (χ3n) is 1.43. The number of halogens is 4. The second-order valence-electron chi connectivity index (χ2n) is 2.26. The number of pyridine rings is 1. The number of aryl methyl sites for hydroxylation is 1. The molecule has 0 aliphatic heterocycles. The zero-order chi connectivity index (χ0) is 9.30. The molecule has 0 spiro atoms. The smallest absolute Gasteiger partial charge is 0.227 e. The summed E-state index contributed by atoms with van der Waals surface area (Å²) in [5.41, 5.74) is 0.0545. The highest BCUT2D eigenvalue weighted by molar-refractivity contribution is 14.1. The standard InChI is InChI=1S/C7H5F3IN/c1-3-2-12-7(10)5(11)4(3)6(8)9/h2,6H,1H3. The SMILES string of the molecule is Cc1cnc(F)c(I)c1C(F)F. The van der Waals surface area contributed by atoms with Gasteiger partial charge >= 0.3 is 0 Å². The Labute approximate surface area is 81.1 Å². The van der Waals surface area contributed by atoms with Gasteiger partial charge in [0.15, 0.2) is 0 Å². The van der Waals surface area contributed by atoms with E-state index in [-0.39, 0.29) is 9.13 Å². The van der Waals surface area contributed by atoms with E-state index in [0.717, 1.165) is 6.20 Å². The molecule has 0 saturated heterocycles. The molecule has 0 N–H and O–H groups in total. The maximum Gasteiger partial charge on any atom is 0.265 e. The van der Waals surface area contributed by atoms with E-state index >= 15 is 0 Å². The fraction of sp³-hybridized carbons (Fsp3) is 0.286. The second kappa shape index (κ2) is 3.59. The Bertz CT molecular complexity index is 301. The molecule has 5 heteroatoms. The van der Waals surface area contributed by atoms with Gasteiger partial charge < -0.3 is 0 Å². The van der Waals surface area contributed by atoms with Crippen molar-refractivity contribution in [3.63, 3.8) is 0 Å². The monoisotopic (exact) mass is 287 g/mol. The summed E-state index contributed by atoms with van der Waals surface area (Å²) < 4.78 is 37.1. The van der Waals surface area contributed by atoms with Crippen molar-refractivity contribution in [2.45, 2.75) is 13.3 Å². The minimum absolute atomic E-state index is 0.0948. The van der Waals surface area contributed by atoms with Crippen LogP contribution in [-0.4, -0.2) is 4.98 Å². The average molecular weight is 287 g/mol. The number of hydrogen-bond donors (Lipinski definition) is 0. The quantitative estimate of drug-likeness (QED) is 0.571. The highest BCUT2D eigenvalue weighted by Gasteiger charge is 2.17. The molecular weight excluding hydrogens is 282 g/mol. The lowest BCUT2D eigenvalue weighted by Gasteiger charge is -2.06. The molecule has 0 unspecified atom stereocenters. The number of rotatable bonds is 1. The van der Waals surface area contributed by atoms with Crippen LogP contribution in [0.1, 0.15) is 17.6 Å². The molecule has 1 heterocycles. The molecule has 0 aromatic carbocycles. The Kier molecular flexibility index (Phi) is 2.92. The molecule has 1 aromatic rings. The van der Waals surface area contributed by atoms with Crippen LogP contribution in [0.4, 0.5) is 13.2 Å². The predicted molar refractivity (Wildman–Crippen MR) is 46.6 cm³/mol. The second-order valence-corrected chi connectivity index (χ2v) is 3.34. The van der Waals surface area contributed by atoms with Gasteiger partial charge in [-0.15, -0.1) is 0 Å². The van der Waals surface area contributed by atoms with Crippen molar-refractivity contribution in [3.8, 4) is 0 Å². The van der Waals surface area contributed by atoms with Gasteiger partial charge in [-0.3, -0.25) is 0 Å². The number of aromatic nitrogens is 1. The molecule has 0 fully saturated rings. The van der Waals surface area contributed by atoms with Crippen LogP contribution >= 0.6 is 22.6 Å². The molecule has 1 rings (SSSR count). The van der Waals surface area contributed by atoms with E-state index in [4.69, 9.17) is 0 Å². The summed E-state index contributed by atoms with van der Waals surface area (Å²) in [4.78, 5) is 3.31. The lowest BCUT2D eigenvalue weighted by molar-refractivity contribution is 0.148. The maximum absolute atomic E-state index is 12.7. The van der Waals surface area contributed by atoms with Gasteiger partial charge in [-0.25, -0.2) is 13.8 Å². The third-order valence-corrected chi connectivity index (χ3v) is 2.46. The molecule has 0 saturated carbocycles. The summed E-state index contributed by atoms with van der Waals surface area (Å²) in [5, 5.41) is 0. The van der Waals surface area contributed by atoms with Crippen LogP contribution in [0, 0.1) is 16.4 Å². The summed E-state index contributed by atoms with van der Waals surface area (Å²) >= 11 is 1.53. The summed E-state index contributed by atoms with van der Waals surface area (Å²) in [6.07, 6.45) is -1.53. The van der Waals surface area contributed by atoms with E-state index in [0.29, 0.717) is 5.56 Å². The Morgan fingerprint density at radius 2 is 2.08 bits per heavy atom. The van der Waals surface area contributed by atoms with Gasteiger partial charge in [-0.05, 0) is 35.1 Å². The average Bonchev–Trinajstić information content (AvgIpc) is 1.97. The molecule has 1 aromatic heterocycles. The summed E-state index contributed by atoms with van der Waals surface area (Å²) in [7, 11) is 0. The van der Waals surface area contributed by atoms with Crippen molar-refractivity contribution in [1.29, 1.82) is 0 Å². The highest BCUT2D eigenvalue weighted by Crippen LogP contribution is 2.27. The van der Waals surface area contributed by atoms with Gasteiger partial charge in [0.25, 0.3) is 6.43 Å². The molecule has 66 valence electrons. The molecule has 0 aliphatic carbocycles. The third kappa shape index (κ3) is 1.70. The molecule has 0 radical (unpaired) electrons. The van der Waals surface area contributed by atoms with Gasteiger partial charge in [-0.2, -0.15) is 4.39 Å². The van der Waals surface area contributed by atoms with Crippen LogP contribution in [0.3, 0.4) is 0 Å². The van der Waals surface area contributed by atoms with Gasteiger partial charge in [0, 0.05) is 11.8 Å². The topological polar surface area (TPSA) is 12.9 Å². The maximum atomic E-state index is 12.7. The fourth-order valence-electron chi connectivity index (χ4n) is 0.832. The van der Waals surface area contributed by atoms with E-state index in [9.17, 15) is 13.2 Å². The zero-order valence-corrected chi connectivity index (χ0v) is 8.27. The van der Waals surface area contributed by atoms with Crippen molar-refractivity contribution < 1.29 is 13.2 Å².